The molecule has 1 saturated heterocycles. The van der Waals surface area contributed by atoms with E-state index in [1.54, 1.807) is 6.07 Å². The summed E-state index contributed by atoms with van der Waals surface area (Å²) < 4.78 is 5.44. The van der Waals surface area contributed by atoms with Crippen molar-refractivity contribution in [1.29, 1.82) is 0 Å². The molecule has 0 radical (unpaired) electrons. The third kappa shape index (κ3) is 4.91. The molecule has 1 amide bonds. The van der Waals surface area contributed by atoms with Crippen LogP contribution in [0.15, 0.2) is 23.1 Å². The van der Waals surface area contributed by atoms with E-state index in [-0.39, 0.29) is 11.5 Å². The van der Waals surface area contributed by atoms with Crippen LogP contribution in [0.3, 0.4) is 0 Å². The quantitative estimate of drug-likeness (QED) is 0.792. The molecule has 2 heterocycles. The van der Waals surface area contributed by atoms with Crippen molar-refractivity contribution >= 4 is 5.91 Å². The molecule has 1 fully saturated rings. The van der Waals surface area contributed by atoms with Crippen LogP contribution in [0.2, 0.25) is 0 Å². The van der Waals surface area contributed by atoms with E-state index < -0.39 is 0 Å². The summed E-state index contributed by atoms with van der Waals surface area (Å²) in [4.78, 5) is 28.5. The summed E-state index contributed by atoms with van der Waals surface area (Å²) in [6.45, 7) is 8.29. The van der Waals surface area contributed by atoms with Gasteiger partial charge >= 0.3 is 0 Å². The molecule has 6 heteroatoms. The van der Waals surface area contributed by atoms with Crippen molar-refractivity contribution in [3.8, 4) is 0 Å². The summed E-state index contributed by atoms with van der Waals surface area (Å²) >= 11 is 0. The first-order valence-electron chi connectivity index (χ1n) is 8.44. The molecule has 128 valence electrons. The molecule has 2 N–H and O–H groups in total. The van der Waals surface area contributed by atoms with E-state index in [4.69, 9.17) is 4.74 Å². The van der Waals surface area contributed by atoms with Gasteiger partial charge in [0.05, 0.1) is 13.2 Å². The molecule has 1 aliphatic rings. The average molecular weight is 321 g/mol. The van der Waals surface area contributed by atoms with Crippen LogP contribution in [0.5, 0.6) is 0 Å². The molecule has 0 bridgehead atoms. The highest BCUT2D eigenvalue weighted by molar-refractivity contribution is 5.93. The number of nitrogens with zero attached hydrogens (tertiary/aromatic N) is 1. The maximum Gasteiger partial charge on any atom is 0.251 e. The molecular formula is C17H27N3O3. The minimum absolute atomic E-state index is 0.194. The Morgan fingerprint density at radius 3 is 2.65 bits per heavy atom. The molecule has 1 atom stereocenters. The van der Waals surface area contributed by atoms with Gasteiger partial charge in [-0.15, -0.1) is 0 Å². The Morgan fingerprint density at radius 1 is 1.35 bits per heavy atom. The Bertz CT molecular complexity index is 548. The molecule has 6 nitrogen and oxygen atoms in total. The Balaban J connectivity index is 2.02. The molecule has 1 aliphatic heterocycles. The fourth-order valence-corrected chi connectivity index (χ4v) is 3.22. The number of hydrogen-bond donors (Lipinski definition) is 2. The predicted octanol–water partition coefficient (Wildman–Crippen LogP) is 1.24. The van der Waals surface area contributed by atoms with Crippen molar-refractivity contribution in [1.82, 2.24) is 15.2 Å². The maximum atomic E-state index is 12.3. The molecule has 0 aromatic carbocycles. The van der Waals surface area contributed by atoms with Gasteiger partial charge in [-0.1, -0.05) is 26.7 Å². The van der Waals surface area contributed by atoms with Crippen LogP contribution in [0.4, 0.5) is 0 Å². The van der Waals surface area contributed by atoms with Crippen LogP contribution in [0, 0.1) is 5.92 Å². The molecule has 0 spiro atoms. The minimum atomic E-state index is -0.262. The molecule has 0 aliphatic carbocycles. The van der Waals surface area contributed by atoms with Crippen LogP contribution in [0.1, 0.15) is 37.0 Å². The smallest absolute Gasteiger partial charge is 0.251 e. The number of hydrogen-bond acceptors (Lipinski definition) is 4. The summed E-state index contributed by atoms with van der Waals surface area (Å²) in [6.07, 6.45) is 3.66. The largest absolute Gasteiger partial charge is 0.379 e. The van der Waals surface area contributed by atoms with Crippen molar-refractivity contribution in [3.63, 3.8) is 0 Å². The zero-order chi connectivity index (χ0) is 16.7. The van der Waals surface area contributed by atoms with Crippen LogP contribution in [0.25, 0.3) is 0 Å². The first-order chi connectivity index (χ1) is 11.2. The molecule has 1 unspecified atom stereocenters. The van der Waals surface area contributed by atoms with Crippen molar-refractivity contribution < 1.29 is 9.53 Å². The number of nitrogens with one attached hydrogen (secondary N) is 2. The number of morpholine rings is 1. The van der Waals surface area contributed by atoms with Gasteiger partial charge < -0.3 is 15.0 Å². The Hall–Kier alpha value is -1.66. The second-order valence-corrected chi connectivity index (χ2v) is 5.94. The van der Waals surface area contributed by atoms with E-state index in [1.165, 1.54) is 12.3 Å². The van der Waals surface area contributed by atoms with Crippen LogP contribution in [-0.2, 0) is 4.74 Å². The second kappa shape index (κ2) is 8.84. The molecule has 1 aromatic rings. The van der Waals surface area contributed by atoms with Gasteiger partial charge in [-0.2, -0.15) is 0 Å². The zero-order valence-electron chi connectivity index (χ0n) is 14.0. The van der Waals surface area contributed by atoms with Gasteiger partial charge in [-0.05, 0) is 12.0 Å². The van der Waals surface area contributed by atoms with Crippen molar-refractivity contribution in [3.05, 3.63) is 34.2 Å². The van der Waals surface area contributed by atoms with Crippen molar-refractivity contribution in [2.45, 2.75) is 32.7 Å². The number of ether oxygens (including phenoxy) is 1. The molecule has 2 rings (SSSR count). The van der Waals surface area contributed by atoms with Crippen LogP contribution >= 0.6 is 0 Å². The van der Waals surface area contributed by atoms with Crippen LogP contribution in [-0.4, -0.2) is 54.7 Å². The highest BCUT2D eigenvalue weighted by Gasteiger charge is 2.27. The third-order valence-electron chi connectivity index (χ3n) is 4.62. The highest BCUT2D eigenvalue weighted by Crippen LogP contribution is 2.19. The van der Waals surface area contributed by atoms with Gasteiger partial charge in [-0.3, -0.25) is 14.5 Å². The fourth-order valence-electron chi connectivity index (χ4n) is 3.22. The number of aromatic nitrogens is 1. The van der Waals surface area contributed by atoms with Gasteiger partial charge in [0.2, 0.25) is 5.56 Å². The molecule has 23 heavy (non-hydrogen) atoms. The van der Waals surface area contributed by atoms with Gasteiger partial charge in [0.1, 0.15) is 0 Å². The van der Waals surface area contributed by atoms with Crippen molar-refractivity contribution in [2.24, 2.45) is 5.92 Å². The predicted molar refractivity (Wildman–Crippen MR) is 89.6 cm³/mol. The summed E-state index contributed by atoms with van der Waals surface area (Å²) in [5.74, 6) is 0.341. The molecule has 0 saturated carbocycles. The summed E-state index contributed by atoms with van der Waals surface area (Å²) in [7, 11) is 0. The lowest BCUT2D eigenvalue weighted by Crippen LogP contribution is -2.52. The summed E-state index contributed by atoms with van der Waals surface area (Å²) in [5, 5.41) is 3.00. The van der Waals surface area contributed by atoms with Gasteiger partial charge in [-0.25, -0.2) is 0 Å². The number of pyridine rings is 1. The molecule has 1 aromatic heterocycles. The number of H-pyrrole nitrogens is 1. The Morgan fingerprint density at radius 2 is 2.04 bits per heavy atom. The van der Waals surface area contributed by atoms with Gasteiger partial charge in [0.25, 0.3) is 5.91 Å². The SMILES string of the molecule is CCC(CC)C(CNC(=O)c1cc[nH]c(=O)c1)N1CCOCC1. The summed E-state index contributed by atoms with van der Waals surface area (Å²) in [5.41, 5.74) is 0.140. The van der Waals surface area contributed by atoms with Crippen molar-refractivity contribution in [2.75, 3.05) is 32.8 Å². The first-order valence-corrected chi connectivity index (χ1v) is 8.44. The Kier molecular flexibility index (Phi) is 6.80. The Labute approximate surface area is 137 Å². The van der Waals surface area contributed by atoms with E-state index in [1.807, 2.05) is 0 Å². The summed E-state index contributed by atoms with van der Waals surface area (Å²) in [6, 6.07) is 3.26. The monoisotopic (exact) mass is 321 g/mol. The van der Waals surface area contributed by atoms with Crippen LogP contribution < -0.4 is 10.9 Å². The van der Waals surface area contributed by atoms with E-state index in [0.717, 1.165) is 39.1 Å². The normalized spacial score (nSPS) is 17.2. The van der Waals surface area contributed by atoms with Gasteiger partial charge in [0.15, 0.2) is 0 Å². The standard InChI is InChI=1S/C17H27N3O3/c1-3-13(4-2)15(20-7-9-23-10-8-20)12-19-17(22)14-5-6-18-16(21)11-14/h5-6,11,13,15H,3-4,7-10,12H2,1-2H3,(H,18,21)(H,19,22). The number of aromatic amines is 1. The number of rotatable bonds is 7. The van der Waals surface area contributed by atoms with E-state index in [9.17, 15) is 9.59 Å². The van der Waals surface area contributed by atoms with E-state index in [2.05, 4.69) is 29.0 Å². The topological polar surface area (TPSA) is 74.4 Å². The maximum absolute atomic E-state index is 12.3. The lowest BCUT2D eigenvalue weighted by molar-refractivity contribution is 0.00191. The highest BCUT2D eigenvalue weighted by atomic mass is 16.5. The van der Waals surface area contributed by atoms with E-state index in [0.29, 0.717) is 24.1 Å². The lowest BCUT2D eigenvalue weighted by atomic mass is 9.92. The lowest BCUT2D eigenvalue weighted by Gasteiger charge is -2.38. The zero-order valence-corrected chi connectivity index (χ0v) is 14.0. The first kappa shape index (κ1) is 17.7. The number of amides is 1. The second-order valence-electron chi connectivity index (χ2n) is 5.94. The minimum Gasteiger partial charge on any atom is -0.379 e. The average Bonchev–Trinajstić information content (AvgIpc) is 2.59. The van der Waals surface area contributed by atoms with Gasteiger partial charge in [0, 0.05) is 43.5 Å². The fraction of sp³-hybridized carbons (Fsp3) is 0.647. The van der Waals surface area contributed by atoms with E-state index >= 15 is 0 Å². The number of carbonyl (C=O) groups excluding carboxylic acids is 1. The molecular weight excluding hydrogens is 294 g/mol. The number of carbonyl (C=O) groups is 1. The third-order valence-corrected chi connectivity index (χ3v) is 4.62.